The largest absolute Gasteiger partial charge is 0.497 e. The van der Waals surface area contributed by atoms with Gasteiger partial charge in [0.2, 0.25) is 5.91 Å². The van der Waals surface area contributed by atoms with Gasteiger partial charge in [0.15, 0.2) is 0 Å². The lowest BCUT2D eigenvalue weighted by molar-refractivity contribution is -0.130. The second kappa shape index (κ2) is 9.65. The van der Waals surface area contributed by atoms with Crippen LogP contribution in [0, 0.1) is 5.41 Å². The minimum absolute atomic E-state index is 0.309. The van der Waals surface area contributed by atoms with E-state index in [1.807, 2.05) is 12.1 Å². The van der Waals surface area contributed by atoms with Gasteiger partial charge in [-0.1, -0.05) is 42.5 Å². The molecule has 1 amide bonds. The highest BCUT2D eigenvalue weighted by Crippen LogP contribution is 2.39. The van der Waals surface area contributed by atoms with Gasteiger partial charge in [-0.2, -0.15) is 0 Å². The minimum atomic E-state index is 0.309. The quantitative estimate of drug-likeness (QED) is 0.691. The van der Waals surface area contributed by atoms with Gasteiger partial charge in [0, 0.05) is 38.0 Å². The molecule has 0 bridgehead atoms. The normalized spacial score (nSPS) is 21.8. The van der Waals surface area contributed by atoms with Crippen molar-refractivity contribution < 1.29 is 9.53 Å². The van der Waals surface area contributed by atoms with Gasteiger partial charge in [-0.15, -0.1) is 0 Å². The van der Waals surface area contributed by atoms with Crippen LogP contribution in [0.5, 0.6) is 5.75 Å². The van der Waals surface area contributed by atoms with Crippen molar-refractivity contribution in [1.82, 2.24) is 9.80 Å². The molecule has 4 rings (SSSR count). The topological polar surface area (TPSA) is 32.8 Å². The summed E-state index contributed by atoms with van der Waals surface area (Å²) in [5, 5.41) is 0. The van der Waals surface area contributed by atoms with E-state index < -0.39 is 0 Å². The molecule has 30 heavy (non-hydrogen) atoms. The lowest BCUT2D eigenvalue weighted by Gasteiger charge is -2.40. The molecule has 2 fully saturated rings. The van der Waals surface area contributed by atoms with Gasteiger partial charge >= 0.3 is 0 Å². The summed E-state index contributed by atoms with van der Waals surface area (Å²) in [4.78, 5) is 17.6. The summed E-state index contributed by atoms with van der Waals surface area (Å²) >= 11 is 0. The van der Waals surface area contributed by atoms with E-state index in [2.05, 4.69) is 52.3 Å². The Morgan fingerprint density at radius 3 is 2.47 bits per heavy atom. The lowest BCUT2D eigenvalue weighted by atomic mass is 9.79. The third kappa shape index (κ3) is 5.23. The van der Waals surface area contributed by atoms with Crippen LogP contribution in [-0.4, -0.2) is 55.5 Å². The van der Waals surface area contributed by atoms with Crippen LogP contribution in [-0.2, 0) is 17.6 Å². The first-order chi connectivity index (χ1) is 14.7. The first-order valence-electron chi connectivity index (χ1n) is 11.3. The molecule has 0 aliphatic carbocycles. The number of hydrogen-bond donors (Lipinski definition) is 0. The van der Waals surface area contributed by atoms with Crippen LogP contribution in [0.25, 0.3) is 0 Å². The second-order valence-corrected chi connectivity index (χ2v) is 9.03. The molecule has 1 spiro atoms. The Balaban J connectivity index is 1.26. The predicted octanol–water partition coefficient (Wildman–Crippen LogP) is 4.19. The number of methoxy groups -OCH3 is 1. The fourth-order valence-electron chi connectivity index (χ4n) is 5.12. The van der Waals surface area contributed by atoms with Gasteiger partial charge in [-0.05, 0) is 61.9 Å². The van der Waals surface area contributed by atoms with E-state index in [1.165, 1.54) is 30.5 Å². The Kier molecular flexibility index (Phi) is 6.73. The molecule has 0 saturated carbocycles. The highest BCUT2D eigenvalue weighted by molar-refractivity contribution is 5.76. The molecule has 2 aromatic rings. The molecular weight excluding hydrogens is 372 g/mol. The maximum Gasteiger partial charge on any atom is 0.222 e. The summed E-state index contributed by atoms with van der Waals surface area (Å²) in [5.41, 5.74) is 2.92. The third-order valence-corrected chi connectivity index (χ3v) is 6.88. The average Bonchev–Trinajstić information content (AvgIpc) is 3.20. The number of benzene rings is 2. The highest BCUT2D eigenvalue weighted by Gasteiger charge is 2.42. The zero-order chi connectivity index (χ0) is 20.8. The summed E-state index contributed by atoms with van der Waals surface area (Å²) in [6, 6.07) is 18.8. The molecule has 0 N–H and O–H groups in total. The van der Waals surface area contributed by atoms with Crippen molar-refractivity contribution >= 4 is 5.91 Å². The molecule has 2 aliphatic rings. The lowest BCUT2D eigenvalue weighted by Crippen LogP contribution is -2.46. The third-order valence-electron chi connectivity index (χ3n) is 6.88. The molecular formula is C26H34N2O2. The van der Waals surface area contributed by atoms with Crippen LogP contribution in [0.4, 0.5) is 0 Å². The maximum absolute atomic E-state index is 12.8. The van der Waals surface area contributed by atoms with Gasteiger partial charge in [-0.25, -0.2) is 0 Å². The molecule has 1 unspecified atom stereocenters. The Labute approximate surface area is 180 Å². The number of nitrogens with zero attached hydrogens (tertiary/aromatic N) is 2. The zero-order valence-corrected chi connectivity index (χ0v) is 18.2. The van der Waals surface area contributed by atoms with Crippen LogP contribution >= 0.6 is 0 Å². The van der Waals surface area contributed by atoms with Gasteiger partial charge < -0.3 is 14.5 Å². The number of likely N-dealkylation sites (tertiary alicyclic amines) is 2. The Morgan fingerprint density at radius 1 is 0.933 bits per heavy atom. The van der Waals surface area contributed by atoms with E-state index in [1.54, 1.807) is 7.11 Å². The molecule has 160 valence electrons. The van der Waals surface area contributed by atoms with Crippen LogP contribution in [0.3, 0.4) is 0 Å². The molecule has 2 heterocycles. The molecule has 1 atom stereocenters. The van der Waals surface area contributed by atoms with Crippen molar-refractivity contribution in [3.8, 4) is 5.75 Å². The predicted molar refractivity (Wildman–Crippen MR) is 121 cm³/mol. The molecule has 4 nitrogen and oxygen atoms in total. The van der Waals surface area contributed by atoms with E-state index in [9.17, 15) is 4.79 Å². The van der Waals surface area contributed by atoms with Crippen molar-refractivity contribution in [3.05, 3.63) is 65.7 Å². The number of ether oxygens (including phenoxy) is 1. The Bertz CT molecular complexity index is 821. The van der Waals surface area contributed by atoms with E-state index in [0.29, 0.717) is 17.7 Å². The Morgan fingerprint density at radius 2 is 1.70 bits per heavy atom. The molecule has 2 saturated heterocycles. The first-order valence-corrected chi connectivity index (χ1v) is 11.3. The van der Waals surface area contributed by atoms with Crippen molar-refractivity contribution in [1.29, 1.82) is 0 Å². The maximum atomic E-state index is 12.8. The van der Waals surface area contributed by atoms with E-state index >= 15 is 0 Å². The van der Waals surface area contributed by atoms with Crippen molar-refractivity contribution in [2.75, 3.05) is 39.8 Å². The number of carbonyl (C=O) groups is 1. The minimum Gasteiger partial charge on any atom is -0.497 e. The zero-order valence-electron chi connectivity index (χ0n) is 18.2. The van der Waals surface area contributed by atoms with Crippen molar-refractivity contribution in [3.63, 3.8) is 0 Å². The van der Waals surface area contributed by atoms with Gasteiger partial charge in [0.1, 0.15) is 5.75 Å². The second-order valence-electron chi connectivity index (χ2n) is 9.03. The van der Waals surface area contributed by atoms with Gasteiger partial charge in [0.05, 0.1) is 7.11 Å². The number of amides is 1. The van der Waals surface area contributed by atoms with E-state index in [0.717, 1.165) is 51.2 Å². The molecule has 2 aromatic carbocycles. The molecule has 0 aromatic heterocycles. The monoisotopic (exact) mass is 406 g/mol. The molecule has 0 radical (unpaired) electrons. The fourth-order valence-corrected chi connectivity index (χ4v) is 5.12. The van der Waals surface area contributed by atoms with Gasteiger partial charge in [0.25, 0.3) is 0 Å². The number of aryl methyl sites for hydroxylation is 1. The highest BCUT2D eigenvalue weighted by atomic mass is 16.5. The molecule has 4 heteroatoms. The first kappa shape index (κ1) is 20.9. The van der Waals surface area contributed by atoms with Crippen LogP contribution in [0.2, 0.25) is 0 Å². The van der Waals surface area contributed by atoms with E-state index in [-0.39, 0.29) is 0 Å². The SMILES string of the molecule is COc1ccc(CCC(=O)N2CCC3(CCCN(CCc4ccccc4)C3)C2)cc1. The number of hydrogen-bond acceptors (Lipinski definition) is 3. The number of carbonyl (C=O) groups excluding carboxylic acids is 1. The summed E-state index contributed by atoms with van der Waals surface area (Å²) < 4.78 is 5.21. The smallest absolute Gasteiger partial charge is 0.222 e. The Hall–Kier alpha value is -2.33. The average molecular weight is 407 g/mol. The van der Waals surface area contributed by atoms with Crippen molar-refractivity contribution in [2.24, 2.45) is 5.41 Å². The van der Waals surface area contributed by atoms with E-state index in [4.69, 9.17) is 4.74 Å². The van der Waals surface area contributed by atoms with Crippen molar-refractivity contribution in [2.45, 2.75) is 38.5 Å². The summed E-state index contributed by atoms with van der Waals surface area (Å²) in [6.07, 6.45) is 6.18. The fraction of sp³-hybridized carbons (Fsp3) is 0.500. The summed E-state index contributed by atoms with van der Waals surface area (Å²) in [7, 11) is 1.68. The van der Waals surface area contributed by atoms with Crippen LogP contribution in [0.1, 0.15) is 36.8 Å². The summed E-state index contributed by atoms with van der Waals surface area (Å²) in [6.45, 7) is 5.32. The molecule has 2 aliphatic heterocycles. The van der Waals surface area contributed by atoms with Crippen LogP contribution in [0.15, 0.2) is 54.6 Å². The number of rotatable bonds is 7. The van der Waals surface area contributed by atoms with Gasteiger partial charge in [-0.3, -0.25) is 4.79 Å². The number of piperidine rings is 1. The standard InChI is InChI=1S/C26H34N2O2/c1-30-24-11-8-23(9-12-24)10-13-25(29)28-19-16-26(21-28)15-5-17-27(20-26)18-14-22-6-3-2-4-7-22/h2-4,6-9,11-12H,5,10,13-21H2,1H3. The van der Waals surface area contributed by atoms with Crippen LogP contribution < -0.4 is 4.74 Å². The summed E-state index contributed by atoms with van der Waals surface area (Å²) in [5.74, 6) is 1.17.